The first-order chi connectivity index (χ1) is 12.5. The molecule has 1 aromatic rings. The van der Waals surface area contributed by atoms with E-state index in [9.17, 15) is 14.9 Å². The molecular weight excluding hydrogens is 352 g/mol. The van der Waals surface area contributed by atoms with Crippen molar-refractivity contribution in [2.45, 2.75) is 52.8 Å². The number of amides is 1. The molecule has 0 N–H and O–H groups in total. The lowest BCUT2D eigenvalue weighted by molar-refractivity contribution is -0.385. The quantitative estimate of drug-likeness (QED) is 0.226. The molecule has 146 valence electrons. The predicted octanol–water partition coefficient (Wildman–Crippen LogP) is 4.58. The van der Waals surface area contributed by atoms with Crippen LogP contribution in [0.4, 0.5) is 10.5 Å². The zero-order valence-corrected chi connectivity index (χ0v) is 16.1. The summed E-state index contributed by atoms with van der Waals surface area (Å²) in [4.78, 5) is 31.2. The average Bonchev–Trinajstić information content (AvgIpc) is 2.55. The maximum absolute atomic E-state index is 12.7. The molecule has 27 heavy (non-hydrogen) atoms. The number of nitrogens with zero attached hydrogens (tertiary/aromatic N) is 6. The smallest absolute Gasteiger partial charge is 0.414 e. The lowest BCUT2D eigenvalue weighted by atomic mass is 10.0. The van der Waals surface area contributed by atoms with Crippen molar-refractivity contribution in [2.24, 2.45) is 11.0 Å². The number of nitro groups is 1. The molecule has 1 aromatic heterocycles. The first kappa shape index (κ1) is 21.9. The van der Waals surface area contributed by atoms with E-state index < -0.39 is 22.7 Å². The molecule has 0 fully saturated rings. The number of carbonyl (C=O) groups excluding carboxylic acids is 1. The molecule has 1 heterocycles. The molecule has 10 nitrogen and oxygen atoms in total. The first-order valence-corrected chi connectivity index (χ1v) is 8.29. The minimum Gasteiger partial charge on any atom is -0.443 e. The fourth-order valence-corrected chi connectivity index (χ4v) is 2.23. The van der Waals surface area contributed by atoms with Gasteiger partial charge in [0.05, 0.1) is 23.2 Å². The highest BCUT2D eigenvalue weighted by Crippen LogP contribution is 2.24. The van der Waals surface area contributed by atoms with Gasteiger partial charge in [-0.2, -0.15) is 0 Å². The van der Waals surface area contributed by atoms with Gasteiger partial charge in [0.2, 0.25) is 0 Å². The van der Waals surface area contributed by atoms with Crippen molar-refractivity contribution in [3.8, 4) is 0 Å². The summed E-state index contributed by atoms with van der Waals surface area (Å²) in [5, 5.41) is 14.7. The molecule has 0 spiro atoms. The van der Waals surface area contributed by atoms with Crippen LogP contribution in [0.1, 0.15) is 40.3 Å². The molecule has 1 atom stereocenters. The average molecular weight is 376 g/mol. The largest absolute Gasteiger partial charge is 0.443 e. The van der Waals surface area contributed by atoms with Crippen LogP contribution >= 0.6 is 0 Å². The van der Waals surface area contributed by atoms with Crippen LogP contribution < -0.4 is 0 Å². The fraction of sp³-hybridized carbons (Fsp3) is 0.529. The Morgan fingerprint density at radius 3 is 2.63 bits per heavy atom. The lowest BCUT2D eigenvalue weighted by Crippen LogP contribution is -2.39. The number of carbonyl (C=O) groups is 1. The maximum atomic E-state index is 12.7. The second-order valence-electron chi connectivity index (χ2n) is 7.21. The Bertz CT molecular complexity index is 765. The van der Waals surface area contributed by atoms with Gasteiger partial charge in [0.25, 0.3) is 5.69 Å². The van der Waals surface area contributed by atoms with E-state index in [1.807, 2.05) is 13.8 Å². The molecule has 0 aromatic carbocycles. The van der Waals surface area contributed by atoms with Crippen molar-refractivity contribution >= 4 is 11.8 Å². The summed E-state index contributed by atoms with van der Waals surface area (Å²) in [6.45, 7) is 12.6. The van der Waals surface area contributed by atoms with E-state index in [0.29, 0.717) is 0 Å². The van der Waals surface area contributed by atoms with Gasteiger partial charge in [0.1, 0.15) is 5.60 Å². The van der Waals surface area contributed by atoms with E-state index in [0.717, 1.165) is 0 Å². The van der Waals surface area contributed by atoms with Gasteiger partial charge in [-0.25, -0.2) is 4.79 Å². The molecule has 0 aliphatic rings. The minimum atomic E-state index is -0.766. The Labute approximate surface area is 157 Å². The van der Waals surface area contributed by atoms with Crippen LogP contribution in [0.15, 0.2) is 35.7 Å². The van der Waals surface area contributed by atoms with Gasteiger partial charge in [0, 0.05) is 28.9 Å². The van der Waals surface area contributed by atoms with E-state index in [1.54, 1.807) is 20.8 Å². The Kier molecular flexibility index (Phi) is 7.30. The Hall–Kier alpha value is -3.13. The number of hydrogen-bond acceptors (Lipinski definition) is 6. The highest BCUT2D eigenvalue weighted by Gasteiger charge is 2.29. The lowest BCUT2D eigenvalue weighted by Gasteiger charge is -2.31. The molecule has 0 saturated carbocycles. The van der Waals surface area contributed by atoms with Crippen LogP contribution in [-0.2, 0) is 11.3 Å². The van der Waals surface area contributed by atoms with Gasteiger partial charge in [-0.3, -0.25) is 20.0 Å². The topological polar surface area (TPSA) is 134 Å². The third kappa shape index (κ3) is 6.59. The van der Waals surface area contributed by atoms with Crippen LogP contribution in [0, 0.1) is 16.0 Å². The van der Waals surface area contributed by atoms with Crippen molar-refractivity contribution in [3.05, 3.63) is 56.9 Å². The zero-order chi connectivity index (χ0) is 20.8. The van der Waals surface area contributed by atoms with Gasteiger partial charge < -0.3 is 4.74 Å². The minimum absolute atomic E-state index is 0.112. The summed E-state index contributed by atoms with van der Waals surface area (Å²) in [7, 11) is 0. The molecule has 0 saturated heterocycles. The number of rotatable bonds is 7. The van der Waals surface area contributed by atoms with Crippen molar-refractivity contribution in [1.82, 2.24) is 9.88 Å². The van der Waals surface area contributed by atoms with E-state index in [-0.39, 0.29) is 29.5 Å². The normalized spacial score (nSPS) is 12.1. The Morgan fingerprint density at radius 2 is 2.15 bits per heavy atom. The molecule has 1 amide bonds. The fourth-order valence-electron chi connectivity index (χ4n) is 2.23. The van der Waals surface area contributed by atoms with Crippen molar-refractivity contribution in [2.75, 3.05) is 0 Å². The van der Waals surface area contributed by atoms with E-state index >= 15 is 0 Å². The second kappa shape index (κ2) is 9.00. The first-order valence-electron chi connectivity index (χ1n) is 8.29. The van der Waals surface area contributed by atoms with E-state index in [2.05, 4.69) is 21.6 Å². The van der Waals surface area contributed by atoms with Crippen LogP contribution in [0.3, 0.4) is 0 Å². The summed E-state index contributed by atoms with van der Waals surface area (Å²) >= 11 is 0. The summed E-state index contributed by atoms with van der Waals surface area (Å²) in [5.41, 5.74) is 8.41. The van der Waals surface area contributed by atoms with Crippen molar-refractivity contribution in [3.63, 3.8) is 0 Å². The third-order valence-electron chi connectivity index (χ3n) is 3.44. The van der Waals surface area contributed by atoms with Gasteiger partial charge in [-0.15, -0.1) is 0 Å². The number of hydrogen-bond donors (Lipinski definition) is 0. The molecule has 0 unspecified atom stereocenters. The predicted molar refractivity (Wildman–Crippen MR) is 99.6 cm³/mol. The molecule has 0 aliphatic carbocycles. The van der Waals surface area contributed by atoms with Gasteiger partial charge in [-0.05, 0) is 32.2 Å². The van der Waals surface area contributed by atoms with Gasteiger partial charge in [-0.1, -0.05) is 25.5 Å². The second-order valence-corrected chi connectivity index (χ2v) is 7.21. The molecule has 0 bridgehead atoms. The number of pyridine rings is 1. The summed E-state index contributed by atoms with van der Waals surface area (Å²) in [5.74, 6) is -0.128. The zero-order valence-electron chi connectivity index (χ0n) is 16.1. The third-order valence-corrected chi connectivity index (χ3v) is 3.44. The molecule has 1 rings (SSSR count). The summed E-state index contributed by atoms with van der Waals surface area (Å²) in [6.07, 6.45) is 0.580. The van der Waals surface area contributed by atoms with Gasteiger partial charge >= 0.3 is 6.09 Å². The maximum Gasteiger partial charge on any atom is 0.414 e. The Balaban J connectivity index is 3.27. The van der Waals surface area contributed by atoms with Crippen LogP contribution in [0.2, 0.25) is 0 Å². The number of ether oxygens (including phenoxy) is 1. The van der Waals surface area contributed by atoms with E-state index in [1.165, 1.54) is 23.2 Å². The standard InChI is InChI=1S/C17H24N6O4/c1-11(2)15(20-21-18)12(3)22(16(24)27-17(4,5)6)10-13-9-14(23(25)26)7-8-19-13/h7-9,11,15H,3,10H2,1-2,4-6H3/t15-/m0/s1. The van der Waals surface area contributed by atoms with Crippen molar-refractivity contribution in [1.29, 1.82) is 0 Å². The highest BCUT2D eigenvalue weighted by atomic mass is 16.6. The molecule has 0 aliphatic heterocycles. The van der Waals surface area contributed by atoms with E-state index in [4.69, 9.17) is 10.3 Å². The number of azide groups is 1. The molecule has 0 radical (unpaired) electrons. The summed E-state index contributed by atoms with van der Waals surface area (Å²) < 4.78 is 5.41. The SMILES string of the molecule is C=C([C@@H](N=[N+]=[N-])C(C)C)N(Cc1cc([N+](=O)[O-])ccn1)C(=O)OC(C)(C)C. The van der Waals surface area contributed by atoms with Crippen LogP contribution in [0.25, 0.3) is 10.4 Å². The molecule has 10 heteroatoms. The van der Waals surface area contributed by atoms with Crippen LogP contribution in [-0.4, -0.2) is 32.5 Å². The monoisotopic (exact) mass is 376 g/mol. The van der Waals surface area contributed by atoms with Gasteiger partial charge in [0.15, 0.2) is 0 Å². The highest BCUT2D eigenvalue weighted by molar-refractivity contribution is 5.70. The number of aromatic nitrogens is 1. The van der Waals surface area contributed by atoms with Crippen molar-refractivity contribution < 1.29 is 14.5 Å². The summed E-state index contributed by atoms with van der Waals surface area (Å²) in [6, 6.07) is 1.83. The van der Waals surface area contributed by atoms with Crippen LogP contribution in [0.5, 0.6) is 0 Å². The molecular formula is C17H24N6O4. The Morgan fingerprint density at radius 1 is 1.52 bits per heavy atom.